The fourth-order valence-electron chi connectivity index (χ4n) is 9.27. The summed E-state index contributed by atoms with van der Waals surface area (Å²) in [6.07, 6.45) is 7.95. The predicted molar refractivity (Wildman–Crippen MR) is 222 cm³/mol. The molecule has 1 amide bonds. The number of fused-ring (bicyclic) bond motifs is 1. The van der Waals surface area contributed by atoms with Crippen LogP contribution in [0.4, 0.5) is 4.79 Å². The molecule has 0 aromatic carbocycles. The van der Waals surface area contributed by atoms with Crippen molar-refractivity contribution in [3.05, 3.63) is 36.0 Å². The number of nitrogens with zero attached hydrogens (tertiary/aromatic N) is 5. The zero-order chi connectivity index (χ0) is 44.3. The number of cyclic esters (lactones) is 1. The van der Waals surface area contributed by atoms with Gasteiger partial charge in [-0.25, -0.2) is 14.8 Å². The highest BCUT2D eigenvalue weighted by Gasteiger charge is 2.62. The Morgan fingerprint density at radius 2 is 1.75 bits per heavy atom. The lowest BCUT2D eigenvalue weighted by Crippen LogP contribution is -2.60. The number of ketones is 2. The molecule has 330 valence electrons. The van der Waals surface area contributed by atoms with E-state index in [-0.39, 0.29) is 37.3 Å². The molecule has 0 radical (unpaired) electrons. The SMILES string of the molecule is C#C[C@]12OC(=O)N(CCCCn3cnc(-c4ccc(Cl)nc4)c3)[C@H]1[C@@H](C)C(=O)[C@H](C)C[C@](C)(OC)[C@H](OC1O[C@H](C)C[C@H](N(C)C)[C@H]1O)[C@@H](C)C(=O)[C@@H](C)C(=O)O[C@@H]2CC. The molecule has 0 spiro atoms. The number of halogens is 1. The number of rotatable bonds is 11. The number of aliphatic hydroxyl groups is 1. The summed E-state index contributed by atoms with van der Waals surface area (Å²) in [5.41, 5.74) is -1.60. The maximum Gasteiger partial charge on any atom is 0.411 e. The van der Waals surface area contributed by atoms with E-state index in [9.17, 15) is 24.3 Å². The van der Waals surface area contributed by atoms with Gasteiger partial charge in [-0.2, -0.15) is 0 Å². The van der Waals surface area contributed by atoms with Crippen LogP contribution in [-0.4, -0.2) is 135 Å². The topological polar surface area (TPSA) is 172 Å². The van der Waals surface area contributed by atoms with Crippen molar-refractivity contribution in [3.8, 4) is 23.6 Å². The van der Waals surface area contributed by atoms with Crippen LogP contribution in [0.2, 0.25) is 5.15 Å². The molecular weight excluding hydrogens is 794 g/mol. The Labute approximate surface area is 358 Å². The molecule has 3 fully saturated rings. The summed E-state index contributed by atoms with van der Waals surface area (Å²) in [4.78, 5) is 69.1. The fourth-order valence-corrected chi connectivity index (χ4v) is 9.39. The lowest BCUT2D eigenvalue weighted by molar-refractivity contribution is -0.295. The number of hydrogen-bond acceptors (Lipinski definition) is 13. The van der Waals surface area contributed by atoms with Crippen LogP contribution in [0.1, 0.15) is 80.6 Å². The third-order valence-corrected chi connectivity index (χ3v) is 13.0. The summed E-state index contributed by atoms with van der Waals surface area (Å²) >= 11 is 5.95. The smallest absolute Gasteiger partial charge is 0.411 e. The molecule has 2 aromatic rings. The van der Waals surface area contributed by atoms with Crippen molar-refractivity contribution in [1.82, 2.24) is 24.3 Å². The van der Waals surface area contributed by atoms with E-state index < -0.39 is 83.4 Å². The number of ether oxygens (including phenoxy) is 5. The molecule has 0 saturated carbocycles. The average molecular weight is 856 g/mol. The van der Waals surface area contributed by atoms with Crippen molar-refractivity contribution in [3.63, 3.8) is 0 Å². The number of unbranched alkanes of at least 4 members (excludes halogenated alkanes) is 1. The molecule has 15 nitrogen and oxygen atoms in total. The molecule has 5 rings (SSSR count). The molecule has 16 heteroatoms. The zero-order valence-electron chi connectivity index (χ0n) is 36.5. The van der Waals surface area contributed by atoms with Crippen molar-refractivity contribution >= 4 is 35.2 Å². The van der Waals surface area contributed by atoms with Crippen LogP contribution >= 0.6 is 11.6 Å². The lowest BCUT2D eigenvalue weighted by atomic mass is 9.73. The van der Waals surface area contributed by atoms with Crippen LogP contribution in [0.15, 0.2) is 30.9 Å². The Morgan fingerprint density at radius 1 is 1.05 bits per heavy atom. The monoisotopic (exact) mass is 855 g/mol. The van der Waals surface area contributed by atoms with E-state index in [0.717, 1.165) is 11.3 Å². The molecule has 60 heavy (non-hydrogen) atoms. The van der Waals surface area contributed by atoms with Crippen molar-refractivity contribution in [1.29, 1.82) is 0 Å². The largest absolute Gasteiger partial charge is 0.456 e. The number of likely N-dealkylation sites (N-methyl/N-ethyl adjacent to an activating group) is 1. The molecule has 0 bridgehead atoms. The molecule has 3 aliphatic rings. The van der Waals surface area contributed by atoms with Gasteiger partial charge in [-0.3, -0.25) is 19.3 Å². The normalized spacial score (nSPS) is 35.7. The Balaban J connectivity index is 1.45. The number of aliphatic hydroxyl groups excluding tert-OH is 1. The molecule has 13 atom stereocenters. The van der Waals surface area contributed by atoms with Crippen LogP contribution in [0.3, 0.4) is 0 Å². The summed E-state index contributed by atoms with van der Waals surface area (Å²) in [7, 11) is 5.19. The second kappa shape index (κ2) is 19.4. The van der Waals surface area contributed by atoms with Gasteiger partial charge in [-0.15, -0.1) is 6.42 Å². The first-order valence-electron chi connectivity index (χ1n) is 20.9. The van der Waals surface area contributed by atoms with Gasteiger partial charge in [-0.05, 0) is 79.1 Å². The summed E-state index contributed by atoms with van der Waals surface area (Å²) in [6.45, 7) is 12.7. The molecule has 1 unspecified atom stereocenters. The number of Topliss-reactive ketones (excluding diaryl/α,β-unsaturated/α-hetero) is 2. The molecule has 3 aliphatic heterocycles. The molecule has 2 aromatic heterocycles. The number of aromatic nitrogens is 3. The minimum Gasteiger partial charge on any atom is -0.456 e. The second-order valence-electron chi connectivity index (χ2n) is 17.2. The second-order valence-corrected chi connectivity index (χ2v) is 17.6. The van der Waals surface area contributed by atoms with Gasteiger partial charge in [0.1, 0.15) is 23.0 Å². The zero-order valence-corrected chi connectivity index (χ0v) is 37.3. The van der Waals surface area contributed by atoms with Gasteiger partial charge in [0.2, 0.25) is 5.60 Å². The van der Waals surface area contributed by atoms with Gasteiger partial charge < -0.3 is 38.3 Å². The van der Waals surface area contributed by atoms with Gasteiger partial charge in [0, 0.05) is 62.0 Å². The highest BCUT2D eigenvalue weighted by molar-refractivity contribution is 6.29. The fraction of sp³-hybridized carbons (Fsp3) is 0.682. The highest BCUT2D eigenvalue weighted by Crippen LogP contribution is 2.43. The minimum atomic E-state index is -1.84. The van der Waals surface area contributed by atoms with Crippen molar-refractivity contribution in [2.45, 2.75) is 141 Å². The first kappa shape index (κ1) is 47.1. The first-order valence-corrected chi connectivity index (χ1v) is 21.3. The van der Waals surface area contributed by atoms with Gasteiger partial charge >= 0.3 is 12.1 Å². The number of aryl methyl sites for hydroxylation is 1. The van der Waals surface area contributed by atoms with Crippen molar-refractivity contribution in [2.75, 3.05) is 27.7 Å². The van der Waals surface area contributed by atoms with Crippen LogP contribution in [0.25, 0.3) is 11.3 Å². The van der Waals surface area contributed by atoms with E-state index in [0.29, 0.717) is 31.0 Å². The van der Waals surface area contributed by atoms with E-state index in [1.54, 1.807) is 53.2 Å². The Morgan fingerprint density at radius 3 is 2.37 bits per heavy atom. The minimum absolute atomic E-state index is 0.0734. The molecule has 1 N–H and O–H groups in total. The van der Waals surface area contributed by atoms with Crippen LogP contribution in [0, 0.1) is 36.0 Å². The third kappa shape index (κ3) is 9.59. The molecule has 5 heterocycles. The maximum atomic E-state index is 14.8. The number of esters is 1. The summed E-state index contributed by atoms with van der Waals surface area (Å²) in [5.74, 6) is -2.86. The number of amides is 1. The number of methoxy groups -OCH3 is 1. The molecular formula is C44H62ClN5O10. The first-order chi connectivity index (χ1) is 28.3. The summed E-state index contributed by atoms with van der Waals surface area (Å²) < 4.78 is 33.0. The van der Waals surface area contributed by atoms with Crippen molar-refractivity contribution < 1.29 is 48.0 Å². The average Bonchev–Trinajstić information content (AvgIpc) is 3.81. The maximum absolute atomic E-state index is 14.8. The Kier molecular flexibility index (Phi) is 15.3. The molecule has 3 saturated heterocycles. The van der Waals surface area contributed by atoms with E-state index in [1.807, 2.05) is 42.7 Å². The highest BCUT2D eigenvalue weighted by atomic mass is 35.5. The quantitative estimate of drug-likeness (QED) is 0.103. The summed E-state index contributed by atoms with van der Waals surface area (Å²) in [6, 6.07) is 2.22. The van der Waals surface area contributed by atoms with Gasteiger partial charge in [0.05, 0.1) is 35.9 Å². The predicted octanol–water partition coefficient (Wildman–Crippen LogP) is 5.20. The van der Waals surface area contributed by atoms with E-state index >= 15 is 0 Å². The molecule has 0 aliphatic carbocycles. The van der Waals surface area contributed by atoms with Crippen LogP contribution in [0.5, 0.6) is 0 Å². The number of hydrogen-bond donors (Lipinski definition) is 1. The Hall–Kier alpha value is -3.91. The third-order valence-electron chi connectivity index (χ3n) is 12.7. The number of imidazole rings is 1. The lowest BCUT2D eigenvalue weighted by Gasteiger charge is -2.47. The van der Waals surface area contributed by atoms with E-state index in [4.69, 9.17) is 41.7 Å². The van der Waals surface area contributed by atoms with Crippen LogP contribution < -0.4 is 0 Å². The number of terminal acetylenes is 1. The van der Waals surface area contributed by atoms with E-state index in [1.165, 1.54) is 18.9 Å². The number of carbonyl (C=O) groups excluding carboxylic acids is 4. The standard InChI is InChI=1S/C44H62ClN5O10/c1-12-33-44(13-2)38(50(42(55)60-44)19-15-14-18-49-23-31(47-24-49)30-16-17-34(45)46-22-30)27(5)35(51)25(3)21-43(8,56-11)39(28(6)36(52)29(7)40(54)58-33)59-41-37(53)32(48(9)10)20-26(4)57-41/h2,16-17,22-29,32-33,37-39,41,53H,12,14-15,18-21H2,1,3-11H3/t25-,26-,27+,28+,29-,32+,33-,37-,38+,39-,41?,43+,44-/m1/s1. The van der Waals surface area contributed by atoms with Gasteiger partial charge in [0.15, 0.2) is 18.2 Å². The van der Waals surface area contributed by atoms with Crippen molar-refractivity contribution in [2.24, 2.45) is 23.7 Å². The summed E-state index contributed by atoms with van der Waals surface area (Å²) in [5, 5.41) is 11.8. The number of carbonyl (C=O) groups is 4. The van der Waals surface area contributed by atoms with Gasteiger partial charge in [-0.1, -0.05) is 45.2 Å². The van der Waals surface area contributed by atoms with E-state index in [2.05, 4.69) is 15.9 Å². The Bertz CT molecular complexity index is 1890. The van der Waals surface area contributed by atoms with Gasteiger partial charge in [0.25, 0.3) is 0 Å². The van der Waals surface area contributed by atoms with Crippen LogP contribution in [-0.2, 0) is 44.6 Å². The number of pyridine rings is 1.